The number of benzene rings is 1. The zero-order valence-corrected chi connectivity index (χ0v) is 17.0. The fraction of sp³-hybridized carbons (Fsp3) is 0.500. The number of carbonyl (C=O) groups excluding carboxylic acids is 1. The lowest BCUT2D eigenvalue weighted by Crippen LogP contribution is -2.56. The number of piperidine rings is 1. The summed E-state index contributed by atoms with van der Waals surface area (Å²) in [5.41, 5.74) is 0.0676. The molecular weight excluding hydrogens is 408 g/mol. The molecule has 2 fully saturated rings. The molecule has 9 heteroatoms. The molecule has 1 saturated heterocycles. The Labute approximate surface area is 178 Å². The Balaban J connectivity index is 1.43. The van der Waals surface area contributed by atoms with Crippen LogP contribution in [0, 0.1) is 17.6 Å². The van der Waals surface area contributed by atoms with Crippen molar-refractivity contribution < 1.29 is 28.0 Å². The van der Waals surface area contributed by atoms with Crippen molar-refractivity contribution >= 4 is 11.9 Å². The van der Waals surface area contributed by atoms with E-state index in [4.69, 9.17) is 4.52 Å². The van der Waals surface area contributed by atoms with Gasteiger partial charge in [0.2, 0.25) is 5.76 Å². The number of nitrogens with one attached hydrogen (secondary N) is 1. The Morgan fingerprint density at radius 2 is 1.90 bits per heavy atom. The van der Waals surface area contributed by atoms with Gasteiger partial charge in [0.25, 0.3) is 5.91 Å². The monoisotopic (exact) mass is 433 g/mol. The van der Waals surface area contributed by atoms with Crippen molar-refractivity contribution in [3.8, 4) is 11.3 Å². The highest BCUT2D eigenvalue weighted by Crippen LogP contribution is 2.28. The molecule has 2 atom stereocenters. The average Bonchev–Trinajstić information content (AvgIpc) is 3.24. The van der Waals surface area contributed by atoms with Crippen LogP contribution in [-0.2, 0) is 4.79 Å². The van der Waals surface area contributed by atoms with Crippen LogP contribution in [0.2, 0.25) is 0 Å². The smallest absolute Gasteiger partial charge is 0.309 e. The summed E-state index contributed by atoms with van der Waals surface area (Å²) in [6.07, 6.45) is 6.26. The number of aromatic nitrogens is 1. The number of nitrogens with zero attached hydrogens (tertiary/aromatic N) is 2. The number of carboxylic acids is 1. The Morgan fingerprint density at radius 1 is 1.13 bits per heavy atom. The zero-order valence-electron chi connectivity index (χ0n) is 17.0. The molecular formula is C22H25F2N3O4. The third-order valence-corrected chi connectivity index (χ3v) is 6.31. The molecule has 2 heterocycles. The number of carboxylic acid groups (broad SMARTS) is 1. The van der Waals surface area contributed by atoms with Gasteiger partial charge in [0.15, 0.2) is 0 Å². The quantitative estimate of drug-likeness (QED) is 0.750. The van der Waals surface area contributed by atoms with Crippen LogP contribution in [0.1, 0.15) is 49.1 Å². The predicted octanol–water partition coefficient (Wildman–Crippen LogP) is 3.46. The molecule has 1 amide bonds. The maximum absolute atomic E-state index is 14.0. The van der Waals surface area contributed by atoms with Gasteiger partial charge in [0.05, 0.1) is 5.92 Å². The van der Waals surface area contributed by atoms with Crippen molar-refractivity contribution in [1.29, 1.82) is 0 Å². The van der Waals surface area contributed by atoms with Gasteiger partial charge in [-0.05, 0) is 31.4 Å². The first kappa shape index (κ1) is 21.4. The van der Waals surface area contributed by atoms with E-state index in [1.165, 1.54) is 31.4 Å². The van der Waals surface area contributed by atoms with Crippen molar-refractivity contribution in [3.63, 3.8) is 0 Å². The Morgan fingerprint density at radius 3 is 2.61 bits per heavy atom. The third kappa shape index (κ3) is 4.76. The molecule has 1 aliphatic carbocycles. The first-order chi connectivity index (χ1) is 14.9. The van der Waals surface area contributed by atoms with Crippen molar-refractivity contribution in [2.24, 2.45) is 5.92 Å². The molecule has 2 N–H and O–H groups in total. The standard InChI is InChI=1S/C22H25F2N3O4/c23-13-6-7-15(17(24)10-13)19-11-20(31-26-19)21(28)25-18-8-9-27(12-16(18)22(29)30)14-4-2-1-3-5-14/h6-7,10-11,14,16,18H,1-5,8-9,12H2,(H,25,28)(H,29,30). The molecule has 2 aromatic rings. The molecule has 7 nitrogen and oxygen atoms in total. The minimum atomic E-state index is -0.947. The van der Waals surface area contributed by atoms with E-state index in [9.17, 15) is 23.5 Å². The normalized spacial score (nSPS) is 22.9. The van der Waals surface area contributed by atoms with Crippen molar-refractivity contribution in [2.75, 3.05) is 13.1 Å². The lowest BCUT2D eigenvalue weighted by molar-refractivity contribution is -0.145. The maximum Gasteiger partial charge on any atom is 0.309 e. The average molecular weight is 433 g/mol. The van der Waals surface area contributed by atoms with Crippen LogP contribution in [0.3, 0.4) is 0 Å². The highest BCUT2D eigenvalue weighted by Gasteiger charge is 2.38. The molecule has 0 bridgehead atoms. The van der Waals surface area contributed by atoms with E-state index in [-0.39, 0.29) is 17.0 Å². The molecule has 166 valence electrons. The number of amides is 1. The van der Waals surface area contributed by atoms with Crippen LogP contribution >= 0.6 is 0 Å². The summed E-state index contributed by atoms with van der Waals surface area (Å²) in [4.78, 5) is 26.8. The van der Waals surface area contributed by atoms with Gasteiger partial charge in [-0.1, -0.05) is 24.4 Å². The maximum atomic E-state index is 14.0. The Kier molecular flexibility index (Phi) is 6.31. The lowest BCUT2D eigenvalue weighted by Gasteiger charge is -2.42. The van der Waals surface area contributed by atoms with Crippen molar-refractivity contribution in [1.82, 2.24) is 15.4 Å². The van der Waals surface area contributed by atoms with E-state index in [1.54, 1.807) is 0 Å². The van der Waals surface area contributed by atoms with Crippen LogP contribution in [0.4, 0.5) is 8.78 Å². The molecule has 1 aliphatic heterocycles. The summed E-state index contributed by atoms with van der Waals surface area (Å²) in [6, 6.07) is 4.16. The lowest BCUT2D eigenvalue weighted by atomic mass is 9.87. The second-order valence-corrected chi connectivity index (χ2v) is 8.30. The predicted molar refractivity (Wildman–Crippen MR) is 107 cm³/mol. The molecule has 2 aliphatic rings. The van der Waals surface area contributed by atoms with E-state index in [0.717, 1.165) is 31.5 Å². The van der Waals surface area contributed by atoms with E-state index >= 15 is 0 Å². The molecule has 1 aromatic carbocycles. The van der Waals surface area contributed by atoms with Gasteiger partial charge in [-0.15, -0.1) is 0 Å². The molecule has 31 heavy (non-hydrogen) atoms. The second-order valence-electron chi connectivity index (χ2n) is 8.30. The van der Waals surface area contributed by atoms with Crippen LogP contribution < -0.4 is 5.32 Å². The topological polar surface area (TPSA) is 95.7 Å². The second kappa shape index (κ2) is 9.13. The largest absolute Gasteiger partial charge is 0.481 e. The summed E-state index contributed by atoms with van der Waals surface area (Å²) >= 11 is 0. The van der Waals surface area contributed by atoms with Crippen LogP contribution in [0.25, 0.3) is 11.3 Å². The number of likely N-dealkylation sites (tertiary alicyclic amines) is 1. The Hall–Kier alpha value is -2.81. The first-order valence-corrected chi connectivity index (χ1v) is 10.6. The van der Waals surface area contributed by atoms with Gasteiger partial charge >= 0.3 is 5.97 Å². The summed E-state index contributed by atoms with van der Waals surface area (Å²) < 4.78 is 32.1. The number of aliphatic carboxylic acids is 1. The minimum Gasteiger partial charge on any atom is -0.481 e. The van der Waals surface area contributed by atoms with Gasteiger partial charge < -0.3 is 14.9 Å². The number of hydrogen-bond acceptors (Lipinski definition) is 5. The highest BCUT2D eigenvalue weighted by atomic mass is 19.1. The zero-order chi connectivity index (χ0) is 22.0. The highest BCUT2D eigenvalue weighted by molar-refractivity contribution is 5.93. The Bertz CT molecular complexity index is 958. The SMILES string of the molecule is O=C(NC1CCN(C2CCCCC2)CC1C(=O)O)c1cc(-c2ccc(F)cc2F)no1. The molecule has 4 rings (SSSR count). The van der Waals surface area contributed by atoms with Gasteiger partial charge in [-0.2, -0.15) is 0 Å². The first-order valence-electron chi connectivity index (χ1n) is 10.6. The summed E-state index contributed by atoms with van der Waals surface area (Å²) in [6.45, 7) is 1.12. The summed E-state index contributed by atoms with van der Waals surface area (Å²) in [7, 11) is 0. The molecule has 2 unspecified atom stereocenters. The van der Waals surface area contributed by atoms with Gasteiger partial charge in [0, 0.05) is 42.9 Å². The fourth-order valence-corrected chi connectivity index (χ4v) is 4.62. The van der Waals surface area contributed by atoms with E-state index < -0.39 is 35.5 Å². The van der Waals surface area contributed by atoms with Gasteiger partial charge in [-0.3, -0.25) is 14.5 Å². The van der Waals surface area contributed by atoms with Crippen LogP contribution in [0.5, 0.6) is 0 Å². The van der Waals surface area contributed by atoms with Crippen molar-refractivity contribution in [3.05, 3.63) is 41.7 Å². The van der Waals surface area contributed by atoms with Gasteiger partial charge in [0.1, 0.15) is 17.3 Å². The van der Waals surface area contributed by atoms with Crippen LogP contribution in [-0.4, -0.2) is 52.2 Å². The number of rotatable bonds is 5. The molecule has 0 radical (unpaired) electrons. The fourth-order valence-electron chi connectivity index (χ4n) is 4.62. The minimum absolute atomic E-state index is 0.00778. The van der Waals surface area contributed by atoms with E-state index in [1.807, 2.05) is 0 Å². The number of hydrogen-bond donors (Lipinski definition) is 2. The molecule has 1 saturated carbocycles. The van der Waals surface area contributed by atoms with Crippen molar-refractivity contribution in [2.45, 2.75) is 50.6 Å². The van der Waals surface area contributed by atoms with Gasteiger partial charge in [-0.25, -0.2) is 8.78 Å². The van der Waals surface area contributed by atoms with Crippen LogP contribution in [0.15, 0.2) is 28.8 Å². The van der Waals surface area contributed by atoms with E-state index in [0.29, 0.717) is 19.0 Å². The number of carbonyl (C=O) groups is 2. The van der Waals surface area contributed by atoms with E-state index in [2.05, 4.69) is 15.4 Å². The molecule has 1 aromatic heterocycles. The summed E-state index contributed by atoms with van der Waals surface area (Å²) in [5, 5.41) is 16.2. The number of halogens is 2. The third-order valence-electron chi connectivity index (χ3n) is 6.31. The summed E-state index contributed by atoms with van der Waals surface area (Å²) in [5.74, 6) is -3.97. The molecule has 0 spiro atoms.